The summed E-state index contributed by atoms with van der Waals surface area (Å²) in [5.41, 5.74) is 2.36. The van der Waals surface area contributed by atoms with Gasteiger partial charge < -0.3 is 5.32 Å². The van der Waals surface area contributed by atoms with Crippen LogP contribution in [0, 0.1) is 0 Å². The number of nitrogens with one attached hydrogen (secondary N) is 1. The van der Waals surface area contributed by atoms with Crippen molar-refractivity contribution in [3.63, 3.8) is 0 Å². The molecule has 0 aromatic carbocycles. The number of nitrogens with zero attached hydrogens (tertiary/aromatic N) is 4. The van der Waals surface area contributed by atoms with E-state index in [2.05, 4.69) is 26.4 Å². The number of hydrogen-bond donors (Lipinski definition) is 1. The lowest BCUT2D eigenvalue weighted by Crippen LogP contribution is -1.92. The summed E-state index contributed by atoms with van der Waals surface area (Å²) in [6, 6.07) is 2.15. The van der Waals surface area contributed by atoms with Gasteiger partial charge >= 0.3 is 0 Å². The number of fused-ring (bicyclic) bond motifs is 1. The molecule has 0 spiro atoms. The highest BCUT2D eigenvalue weighted by atomic mass is 15.3. The molecule has 0 radical (unpaired) electrons. The van der Waals surface area contributed by atoms with E-state index >= 15 is 0 Å². The van der Waals surface area contributed by atoms with E-state index in [4.69, 9.17) is 0 Å². The number of pyridine rings is 1. The van der Waals surface area contributed by atoms with Gasteiger partial charge in [-0.3, -0.25) is 0 Å². The summed E-state index contributed by atoms with van der Waals surface area (Å²) in [7, 11) is 0. The van der Waals surface area contributed by atoms with Crippen LogP contribution in [0.5, 0.6) is 0 Å². The molecule has 0 saturated carbocycles. The highest BCUT2D eigenvalue weighted by Gasteiger charge is 2.10. The first-order valence-electron chi connectivity index (χ1n) is 5.17. The molecule has 2 aromatic heterocycles. The Hall–Kier alpha value is -2.17. The second kappa shape index (κ2) is 3.77. The van der Waals surface area contributed by atoms with Crippen molar-refractivity contribution < 1.29 is 0 Å². The summed E-state index contributed by atoms with van der Waals surface area (Å²) in [5, 5.41) is 7.22. The fourth-order valence-corrected chi connectivity index (χ4v) is 1.74. The van der Waals surface area contributed by atoms with E-state index in [1.54, 1.807) is 11.0 Å². The van der Waals surface area contributed by atoms with Gasteiger partial charge in [0.1, 0.15) is 18.5 Å². The molecule has 0 amide bonds. The van der Waals surface area contributed by atoms with Crippen molar-refractivity contribution in [3.8, 4) is 0 Å². The first-order chi connectivity index (χ1) is 7.92. The van der Waals surface area contributed by atoms with Crippen molar-refractivity contribution in [3.05, 3.63) is 36.0 Å². The van der Waals surface area contributed by atoms with Crippen molar-refractivity contribution >= 4 is 18.1 Å². The number of hydrogen-bond acceptors (Lipinski definition) is 4. The summed E-state index contributed by atoms with van der Waals surface area (Å²) in [6.45, 7) is 0.985. The smallest absolute Gasteiger partial charge is 0.138 e. The molecule has 80 valence electrons. The highest BCUT2D eigenvalue weighted by molar-refractivity contribution is 5.63. The maximum atomic E-state index is 4.35. The fraction of sp³-hybridized carbons (Fsp3) is 0.182. The summed E-state index contributed by atoms with van der Waals surface area (Å²) < 4.78 is 1.66. The zero-order chi connectivity index (χ0) is 10.8. The van der Waals surface area contributed by atoms with Crippen LogP contribution in [0.4, 0.5) is 5.82 Å². The Bertz CT molecular complexity index is 515. The highest BCUT2D eigenvalue weighted by Crippen LogP contribution is 2.20. The van der Waals surface area contributed by atoms with E-state index in [1.165, 1.54) is 11.9 Å². The molecule has 0 atom stereocenters. The second-order valence-electron chi connectivity index (χ2n) is 3.64. The van der Waals surface area contributed by atoms with Gasteiger partial charge in [0.25, 0.3) is 0 Å². The molecule has 0 fully saturated rings. The summed E-state index contributed by atoms with van der Waals surface area (Å²) >= 11 is 0. The normalized spacial score (nSPS) is 14.0. The molecular weight excluding hydrogens is 202 g/mol. The molecule has 1 aliphatic rings. The predicted molar refractivity (Wildman–Crippen MR) is 61.7 cm³/mol. The molecule has 1 aliphatic heterocycles. The lowest BCUT2D eigenvalue weighted by atomic mass is 10.1. The van der Waals surface area contributed by atoms with E-state index in [-0.39, 0.29) is 0 Å². The minimum absolute atomic E-state index is 0.985. The third kappa shape index (κ3) is 1.67. The van der Waals surface area contributed by atoms with Crippen LogP contribution in [-0.4, -0.2) is 26.3 Å². The molecule has 5 nitrogen and oxygen atoms in total. The SMILES string of the molecule is C(=C\n1cncn1)/c1cnc2c(c1)CCN2. The van der Waals surface area contributed by atoms with E-state index in [0.29, 0.717) is 0 Å². The van der Waals surface area contributed by atoms with Crippen molar-refractivity contribution in [2.75, 3.05) is 11.9 Å². The van der Waals surface area contributed by atoms with Crippen LogP contribution in [0.1, 0.15) is 11.1 Å². The van der Waals surface area contributed by atoms with E-state index < -0.39 is 0 Å². The number of anilines is 1. The van der Waals surface area contributed by atoms with Gasteiger partial charge in [0.2, 0.25) is 0 Å². The van der Waals surface area contributed by atoms with Gasteiger partial charge in [-0.25, -0.2) is 14.6 Å². The number of rotatable bonds is 2. The van der Waals surface area contributed by atoms with E-state index in [0.717, 1.165) is 24.3 Å². The lowest BCUT2D eigenvalue weighted by Gasteiger charge is -1.99. The number of aromatic nitrogens is 4. The van der Waals surface area contributed by atoms with Crippen molar-refractivity contribution in [2.24, 2.45) is 0 Å². The Morgan fingerprint density at radius 2 is 2.44 bits per heavy atom. The van der Waals surface area contributed by atoms with Crippen LogP contribution < -0.4 is 5.32 Å². The summed E-state index contributed by atoms with van der Waals surface area (Å²) in [5.74, 6) is 1.01. The predicted octanol–water partition coefficient (Wildman–Crippen LogP) is 1.27. The molecule has 3 rings (SSSR count). The third-order valence-corrected chi connectivity index (χ3v) is 2.53. The van der Waals surface area contributed by atoms with Crippen LogP contribution in [-0.2, 0) is 6.42 Å². The Morgan fingerprint density at radius 1 is 1.44 bits per heavy atom. The average Bonchev–Trinajstić information content (AvgIpc) is 2.97. The second-order valence-corrected chi connectivity index (χ2v) is 3.64. The summed E-state index contributed by atoms with van der Waals surface area (Å²) in [6.07, 6.45) is 9.89. The van der Waals surface area contributed by atoms with Gasteiger partial charge in [0.15, 0.2) is 0 Å². The molecular formula is C11H11N5. The van der Waals surface area contributed by atoms with Crippen molar-refractivity contribution in [1.82, 2.24) is 19.7 Å². The fourth-order valence-electron chi connectivity index (χ4n) is 1.74. The Balaban J connectivity index is 1.85. The van der Waals surface area contributed by atoms with Gasteiger partial charge in [0, 0.05) is 18.9 Å². The third-order valence-electron chi connectivity index (χ3n) is 2.53. The molecule has 0 unspecified atom stereocenters. The topological polar surface area (TPSA) is 55.6 Å². The largest absolute Gasteiger partial charge is 0.370 e. The molecule has 16 heavy (non-hydrogen) atoms. The van der Waals surface area contributed by atoms with Crippen molar-refractivity contribution in [1.29, 1.82) is 0 Å². The molecule has 5 heteroatoms. The standard InChI is InChI=1S/C11H11N5/c1-3-13-11-10(1)5-9(6-14-11)2-4-16-8-12-7-15-16/h2,4-8H,1,3H2,(H,13,14)/b4-2+. The average molecular weight is 213 g/mol. The molecule has 3 heterocycles. The summed E-state index contributed by atoms with van der Waals surface area (Å²) in [4.78, 5) is 8.22. The lowest BCUT2D eigenvalue weighted by molar-refractivity contribution is 0.936. The van der Waals surface area contributed by atoms with E-state index in [1.807, 2.05) is 18.5 Å². The van der Waals surface area contributed by atoms with E-state index in [9.17, 15) is 0 Å². The maximum Gasteiger partial charge on any atom is 0.138 e. The molecule has 0 aliphatic carbocycles. The zero-order valence-electron chi connectivity index (χ0n) is 8.67. The van der Waals surface area contributed by atoms with Crippen LogP contribution >= 0.6 is 0 Å². The van der Waals surface area contributed by atoms with Gasteiger partial charge in [-0.1, -0.05) is 0 Å². The van der Waals surface area contributed by atoms with Gasteiger partial charge in [0.05, 0.1) is 0 Å². The Kier molecular flexibility index (Phi) is 2.14. The zero-order valence-corrected chi connectivity index (χ0v) is 8.67. The molecule has 0 bridgehead atoms. The minimum Gasteiger partial charge on any atom is -0.370 e. The van der Waals surface area contributed by atoms with Crippen LogP contribution in [0.25, 0.3) is 12.3 Å². The maximum absolute atomic E-state index is 4.35. The minimum atomic E-state index is 0.985. The first kappa shape index (κ1) is 9.08. The molecule has 2 aromatic rings. The molecule has 1 N–H and O–H groups in total. The van der Waals surface area contributed by atoms with Gasteiger partial charge in [-0.15, -0.1) is 0 Å². The van der Waals surface area contributed by atoms with Gasteiger partial charge in [-0.05, 0) is 29.7 Å². The Morgan fingerprint density at radius 3 is 3.31 bits per heavy atom. The Labute approximate surface area is 92.8 Å². The van der Waals surface area contributed by atoms with Crippen LogP contribution in [0.3, 0.4) is 0 Å². The van der Waals surface area contributed by atoms with Crippen LogP contribution in [0.15, 0.2) is 24.9 Å². The quantitative estimate of drug-likeness (QED) is 0.816. The molecule has 0 saturated heterocycles. The first-order valence-corrected chi connectivity index (χ1v) is 5.17. The van der Waals surface area contributed by atoms with Crippen molar-refractivity contribution in [2.45, 2.75) is 6.42 Å². The monoisotopic (exact) mass is 213 g/mol. The van der Waals surface area contributed by atoms with Gasteiger partial charge in [-0.2, -0.15) is 5.10 Å². The van der Waals surface area contributed by atoms with Crippen LogP contribution in [0.2, 0.25) is 0 Å².